The summed E-state index contributed by atoms with van der Waals surface area (Å²) in [5.74, 6) is 0.150. The first-order chi connectivity index (χ1) is 7.26. The molecule has 0 aromatic heterocycles. The van der Waals surface area contributed by atoms with Crippen LogP contribution in [-0.4, -0.2) is 50.6 Å². The molecule has 0 saturated carbocycles. The third-order valence-corrected chi connectivity index (χ3v) is 3.07. The molecule has 1 atom stereocenters. The summed E-state index contributed by atoms with van der Waals surface area (Å²) in [5, 5.41) is 5.98. The van der Waals surface area contributed by atoms with Crippen LogP contribution < -0.4 is 10.6 Å². The Kier molecular flexibility index (Phi) is 5.65. The number of nitrogens with one attached hydrogen (secondary N) is 2. The fourth-order valence-corrected chi connectivity index (χ4v) is 2.08. The second-order valence-electron chi connectivity index (χ2n) is 4.21. The maximum absolute atomic E-state index is 11.0. The van der Waals surface area contributed by atoms with E-state index in [4.69, 9.17) is 0 Å². The zero-order valence-corrected chi connectivity index (χ0v) is 9.88. The molecular weight excluding hydrogens is 190 g/mol. The number of carbonyl (C=O) groups is 1. The fourth-order valence-electron chi connectivity index (χ4n) is 2.08. The van der Waals surface area contributed by atoms with Gasteiger partial charge in [0.1, 0.15) is 0 Å². The maximum Gasteiger partial charge on any atom is 0.219 e. The van der Waals surface area contributed by atoms with Gasteiger partial charge in [0, 0.05) is 26.1 Å². The Labute approximate surface area is 92.4 Å². The normalized spacial score (nSPS) is 22.7. The number of likely N-dealkylation sites (tertiary alicyclic amines) is 1. The Morgan fingerprint density at radius 1 is 1.47 bits per heavy atom. The first kappa shape index (κ1) is 12.5. The summed E-state index contributed by atoms with van der Waals surface area (Å²) >= 11 is 0. The van der Waals surface area contributed by atoms with Gasteiger partial charge in [-0.05, 0) is 39.4 Å². The minimum atomic E-state index is 0.150. The number of amides is 1. The first-order valence-electron chi connectivity index (χ1n) is 5.86. The molecule has 1 fully saturated rings. The van der Waals surface area contributed by atoms with E-state index in [1.165, 1.54) is 19.4 Å². The number of likely N-dealkylation sites (N-methyl/N-ethyl adjacent to an activating group) is 1. The lowest BCUT2D eigenvalue weighted by Crippen LogP contribution is -2.44. The molecule has 1 aliphatic heterocycles. The van der Waals surface area contributed by atoms with E-state index in [0.717, 1.165) is 19.5 Å². The van der Waals surface area contributed by atoms with Gasteiger partial charge in [-0.2, -0.15) is 0 Å². The summed E-state index contributed by atoms with van der Waals surface area (Å²) in [6, 6.07) is 0.638. The minimum Gasteiger partial charge on any atom is -0.359 e. The number of carbonyl (C=O) groups excluding carboxylic acids is 1. The van der Waals surface area contributed by atoms with Crippen molar-refractivity contribution in [3.05, 3.63) is 0 Å². The van der Waals surface area contributed by atoms with Crippen molar-refractivity contribution >= 4 is 5.91 Å². The summed E-state index contributed by atoms with van der Waals surface area (Å²) in [7, 11) is 3.72. The molecule has 0 aromatic carbocycles. The van der Waals surface area contributed by atoms with Crippen LogP contribution in [0.5, 0.6) is 0 Å². The van der Waals surface area contributed by atoms with Crippen molar-refractivity contribution < 1.29 is 4.79 Å². The number of hydrogen-bond acceptors (Lipinski definition) is 3. The van der Waals surface area contributed by atoms with Crippen LogP contribution >= 0.6 is 0 Å². The highest BCUT2D eigenvalue weighted by molar-refractivity contribution is 5.75. The van der Waals surface area contributed by atoms with E-state index in [-0.39, 0.29) is 5.91 Å². The summed E-state index contributed by atoms with van der Waals surface area (Å²) in [4.78, 5) is 13.5. The lowest BCUT2D eigenvalue weighted by atomic mass is 10.1. The van der Waals surface area contributed by atoms with E-state index in [2.05, 4.69) is 15.5 Å². The molecule has 2 N–H and O–H groups in total. The number of rotatable bonds is 5. The Bertz CT molecular complexity index is 196. The highest BCUT2D eigenvalue weighted by atomic mass is 16.1. The Hall–Kier alpha value is -0.610. The van der Waals surface area contributed by atoms with E-state index < -0.39 is 0 Å². The van der Waals surface area contributed by atoms with Gasteiger partial charge in [0.15, 0.2) is 0 Å². The van der Waals surface area contributed by atoms with Crippen molar-refractivity contribution in [1.29, 1.82) is 0 Å². The molecule has 0 aromatic rings. The van der Waals surface area contributed by atoms with E-state index in [0.29, 0.717) is 12.5 Å². The van der Waals surface area contributed by atoms with Gasteiger partial charge in [-0.1, -0.05) is 0 Å². The zero-order chi connectivity index (χ0) is 11.1. The third kappa shape index (κ3) is 4.62. The quantitative estimate of drug-likeness (QED) is 0.685. The lowest BCUT2D eigenvalue weighted by Gasteiger charge is -2.32. The average molecular weight is 213 g/mol. The van der Waals surface area contributed by atoms with Crippen LogP contribution in [0.25, 0.3) is 0 Å². The Balaban J connectivity index is 2.12. The molecule has 88 valence electrons. The summed E-state index contributed by atoms with van der Waals surface area (Å²) in [5.41, 5.74) is 0. The number of nitrogens with zero attached hydrogens (tertiary/aromatic N) is 1. The summed E-state index contributed by atoms with van der Waals surface area (Å²) in [6.07, 6.45) is 4.17. The van der Waals surface area contributed by atoms with Crippen molar-refractivity contribution in [2.24, 2.45) is 0 Å². The second-order valence-corrected chi connectivity index (χ2v) is 4.21. The maximum atomic E-state index is 11.0. The fraction of sp³-hybridized carbons (Fsp3) is 0.909. The van der Waals surface area contributed by atoms with E-state index >= 15 is 0 Å². The molecule has 0 radical (unpaired) electrons. The van der Waals surface area contributed by atoms with Crippen LogP contribution in [-0.2, 0) is 4.79 Å². The smallest absolute Gasteiger partial charge is 0.219 e. The van der Waals surface area contributed by atoms with Gasteiger partial charge in [-0.25, -0.2) is 0 Å². The van der Waals surface area contributed by atoms with Gasteiger partial charge in [-0.15, -0.1) is 0 Å². The molecule has 0 aliphatic carbocycles. The Morgan fingerprint density at radius 2 is 2.27 bits per heavy atom. The van der Waals surface area contributed by atoms with Gasteiger partial charge in [-0.3, -0.25) is 4.79 Å². The highest BCUT2D eigenvalue weighted by Crippen LogP contribution is 2.10. The van der Waals surface area contributed by atoms with Crippen LogP contribution in [0.3, 0.4) is 0 Å². The molecule has 1 unspecified atom stereocenters. The SMILES string of the molecule is CNC(=O)CCCN1CCCC(NC)C1. The van der Waals surface area contributed by atoms with Crippen molar-refractivity contribution in [2.45, 2.75) is 31.7 Å². The Morgan fingerprint density at radius 3 is 2.93 bits per heavy atom. The predicted octanol–water partition coefficient (Wildman–Crippen LogP) is 0.196. The highest BCUT2D eigenvalue weighted by Gasteiger charge is 2.17. The molecule has 4 nitrogen and oxygen atoms in total. The van der Waals surface area contributed by atoms with Gasteiger partial charge in [0.05, 0.1) is 0 Å². The van der Waals surface area contributed by atoms with Gasteiger partial charge >= 0.3 is 0 Å². The van der Waals surface area contributed by atoms with Gasteiger partial charge in [0.25, 0.3) is 0 Å². The van der Waals surface area contributed by atoms with Crippen LogP contribution in [0, 0.1) is 0 Å². The number of piperidine rings is 1. The second kappa shape index (κ2) is 6.80. The van der Waals surface area contributed by atoms with Gasteiger partial charge in [0.2, 0.25) is 5.91 Å². The molecule has 1 heterocycles. The van der Waals surface area contributed by atoms with Crippen molar-refractivity contribution in [3.63, 3.8) is 0 Å². The largest absolute Gasteiger partial charge is 0.359 e. The van der Waals surface area contributed by atoms with E-state index in [1.54, 1.807) is 7.05 Å². The average Bonchev–Trinajstić information content (AvgIpc) is 2.29. The third-order valence-electron chi connectivity index (χ3n) is 3.07. The van der Waals surface area contributed by atoms with Crippen LogP contribution in [0.15, 0.2) is 0 Å². The van der Waals surface area contributed by atoms with Crippen molar-refractivity contribution in [2.75, 3.05) is 33.7 Å². The first-order valence-corrected chi connectivity index (χ1v) is 5.86. The summed E-state index contributed by atoms with van der Waals surface area (Å²) in [6.45, 7) is 3.36. The molecule has 0 spiro atoms. The molecule has 1 amide bonds. The van der Waals surface area contributed by atoms with Crippen molar-refractivity contribution in [3.8, 4) is 0 Å². The van der Waals surface area contributed by atoms with E-state index in [1.807, 2.05) is 7.05 Å². The van der Waals surface area contributed by atoms with Crippen LogP contribution in [0.1, 0.15) is 25.7 Å². The molecule has 1 rings (SSSR count). The molecule has 1 aliphatic rings. The molecule has 4 heteroatoms. The molecule has 0 bridgehead atoms. The lowest BCUT2D eigenvalue weighted by molar-refractivity contribution is -0.120. The predicted molar refractivity (Wildman–Crippen MR) is 61.8 cm³/mol. The molecular formula is C11H23N3O. The zero-order valence-electron chi connectivity index (χ0n) is 9.88. The van der Waals surface area contributed by atoms with E-state index in [9.17, 15) is 4.79 Å². The molecule has 15 heavy (non-hydrogen) atoms. The summed E-state index contributed by atoms with van der Waals surface area (Å²) < 4.78 is 0. The van der Waals surface area contributed by atoms with Gasteiger partial charge < -0.3 is 15.5 Å². The topological polar surface area (TPSA) is 44.4 Å². The van der Waals surface area contributed by atoms with Crippen LogP contribution in [0.4, 0.5) is 0 Å². The van der Waals surface area contributed by atoms with Crippen molar-refractivity contribution in [1.82, 2.24) is 15.5 Å². The standard InChI is InChI=1S/C11H23N3O/c1-12-10-5-3-7-14(9-10)8-4-6-11(15)13-2/h10,12H,3-9H2,1-2H3,(H,13,15). The van der Waals surface area contributed by atoms with Crippen LogP contribution in [0.2, 0.25) is 0 Å². The molecule has 1 saturated heterocycles. The monoisotopic (exact) mass is 213 g/mol. The minimum absolute atomic E-state index is 0.150. The number of hydrogen-bond donors (Lipinski definition) is 2.